The summed E-state index contributed by atoms with van der Waals surface area (Å²) >= 11 is 0. The summed E-state index contributed by atoms with van der Waals surface area (Å²) in [6.07, 6.45) is 2.43. The Morgan fingerprint density at radius 3 is 2.48 bits per heavy atom. The predicted octanol–water partition coefficient (Wildman–Crippen LogP) is 3.16. The normalized spacial score (nSPS) is 22.4. The van der Waals surface area contributed by atoms with Gasteiger partial charge in [-0.25, -0.2) is 0 Å². The number of nitrogens with one attached hydrogen (secondary N) is 1. The Hall–Kier alpha value is -0.860. The molecule has 2 atom stereocenters. The molecule has 3 rings (SSSR count). The molecule has 2 aliphatic heterocycles. The predicted molar refractivity (Wildman–Crippen MR) is 134 cm³/mol. The Morgan fingerprint density at radius 1 is 1.10 bits per heavy atom. The molecule has 164 valence electrons. The van der Waals surface area contributed by atoms with Gasteiger partial charge in [-0.1, -0.05) is 37.3 Å². The number of guanidine groups is 1. The van der Waals surface area contributed by atoms with E-state index in [4.69, 9.17) is 4.99 Å². The molecule has 0 radical (unpaired) electrons. The lowest BCUT2D eigenvalue weighted by atomic mass is 9.99. The Labute approximate surface area is 194 Å². The average Bonchev–Trinajstić information content (AvgIpc) is 3.20. The topological polar surface area (TPSA) is 34.1 Å². The summed E-state index contributed by atoms with van der Waals surface area (Å²) < 4.78 is 0. The van der Waals surface area contributed by atoms with Crippen molar-refractivity contribution < 1.29 is 0 Å². The first-order valence-electron chi connectivity index (χ1n) is 11.2. The third kappa shape index (κ3) is 7.40. The smallest absolute Gasteiger partial charge is 0.193 e. The number of hydrogen-bond acceptors (Lipinski definition) is 3. The molecule has 2 heterocycles. The minimum Gasteiger partial charge on any atom is -0.357 e. The lowest BCUT2D eigenvalue weighted by Gasteiger charge is -2.37. The summed E-state index contributed by atoms with van der Waals surface area (Å²) in [6, 6.07) is 11.4. The summed E-state index contributed by atoms with van der Waals surface area (Å²) in [6.45, 7) is 16.7. The van der Waals surface area contributed by atoms with Crippen molar-refractivity contribution in [2.24, 2.45) is 10.9 Å². The van der Waals surface area contributed by atoms with E-state index in [1.165, 1.54) is 51.1 Å². The van der Waals surface area contributed by atoms with E-state index in [0.717, 1.165) is 38.1 Å². The SMILES string of the molecule is CCNC(=NCC(C)N1CCN(CC)CC1)N1CCC(Cc2ccccc2)C1.I. The molecule has 6 heteroatoms. The summed E-state index contributed by atoms with van der Waals surface area (Å²) in [5, 5.41) is 3.53. The summed E-state index contributed by atoms with van der Waals surface area (Å²) in [7, 11) is 0. The van der Waals surface area contributed by atoms with Crippen molar-refractivity contribution in [3.05, 3.63) is 35.9 Å². The van der Waals surface area contributed by atoms with Gasteiger partial charge in [-0.2, -0.15) is 0 Å². The molecular formula is C23H40IN5. The van der Waals surface area contributed by atoms with Crippen LogP contribution in [0.15, 0.2) is 35.3 Å². The molecule has 2 aliphatic rings. The minimum absolute atomic E-state index is 0. The van der Waals surface area contributed by atoms with Gasteiger partial charge in [0, 0.05) is 51.9 Å². The molecule has 1 aromatic rings. The van der Waals surface area contributed by atoms with Crippen molar-refractivity contribution in [1.82, 2.24) is 20.0 Å². The van der Waals surface area contributed by atoms with Crippen LogP contribution in [0.1, 0.15) is 32.8 Å². The molecule has 0 aromatic heterocycles. The molecule has 1 N–H and O–H groups in total. The van der Waals surface area contributed by atoms with E-state index in [9.17, 15) is 0 Å². The monoisotopic (exact) mass is 513 g/mol. The molecule has 2 fully saturated rings. The molecule has 0 amide bonds. The summed E-state index contributed by atoms with van der Waals surface area (Å²) in [5.74, 6) is 1.84. The molecule has 0 saturated carbocycles. The number of nitrogens with zero attached hydrogens (tertiary/aromatic N) is 4. The number of benzene rings is 1. The molecule has 0 spiro atoms. The van der Waals surface area contributed by atoms with Crippen molar-refractivity contribution in [1.29, 1.82) is 0 Å². The Balaban J connectivity index is 0.00000300. The van der Waals surface area contributed by atoms with Gasteiger partial charge in [0.2, 0.25) is 0 Å². The summed E-state index contributed by atoms with van der Waals surface area (Å²) in [5.41, 5.74) is 1.45. The lowest BCUT2D eigenvalue weighted by Crippen LogP contribution is -2.50. The van der Waals surface area contributed by atoms with Crippen molar-refractivity contribution in [3.8, 4) is 0 Å². The van der Waals surface area contributed by atoms with E-state index >= 15 is 0 Å². The van der Waals surface area contributed by atoms with Gasteiger partial charge in [-0.15, -0.1) is 24.0 Å². The molecule has 29 heavy (non-hydrogen) atoms. The maximum Gasteiger partial charge on any atom is 0.193 e. The summed E-state index contributed by atoms with van der Waals surface area (Å²) in [4.78, 5) is 12.6. The molecule has 2 saturated heterocycles. The van der Waals surface area contributed by atoms with Crippen LogP contribution in [-0.2, 0) is 6.42 Å². The third-order valence-corrected chi connectivity index (χ3v) is 6.27. The lowest BCUT2D eigenvalue weighted by molar-refractivity contribution is 0.109. The van der Waals surface area contributed by atoms with Crippen LogP contribution in [0, 0.1) is 5.92 Å². The van der Waals surface area contributed by atoms with Gasteiger partial charge >= 0.3 is 0 Å². The van der Waals surface area contributed by atoms with Crippen LogP contribution < -0.4 is 5.32 Å². The Morgan fingerprint density at radius 2 is 1.83 bits per heavy atom. The van der Waals surface area contributed by atoms with E-state index in [2.05, 4.69) is 71.1 Å². The fourth-order valence-electron chi connectivity index (χ4n) is 4.42. The molecule has 1 aromatic carbocycles. The second kappa shape index (κ2) is 12.7. The van der Waals surface area contributed by atoms with Gasteiger partial charge in [-0.3, -0.25) is 9.89 Å². The third-order valence-electron chi connectivity index (χ3n) is 6.27. The fraction of sp³-hybridized carbons (Fsp3) is 0.696. The van der Waals surface area contributed by atoms with Crippen molar-refractivity contribution in [2.75, 3.05) is 58.9 Å². The molecule has 0 bridgehead atoms. The second-order valence-corrected chi connectivity index (χ2v) is 8.30. The van der Waals surface area contributed by atoms with Crippen LogP contribution in [0.5, 0.6) is 0 Å². The number of likely N-dealkylation sites (tertiary alicyclic amines) is 1. The largest absolute Gasteiger partial charge is 0.357 e. The standard InChI is InChI=1S/C23H39N5.HI/c1-4-24-23(25-18-20(3)27-15-13-26(5-2)14-16-27)28-12-11-22(19-28)17-21-9-7-6-8-10-21;/h6-10,20,22H,4-5,11-19H2,1-3H3,(H,24,25);1H. The van der Waals surface area contributed by atoms with Gasteiger partial charge in [0.1, 0.15) is 0 Å². The van der Waals surface area contributed by atoms with E-state index in [1.54, 1.807) is 0 Å². The van der Waals surface area contributed by atoms with Crippen molar-refractivity contribution in [3.63, 3.8) is 0 Å². The number of halogens is 1. The molecule has 5 nitrogen and oxygen atoms in total. The zero-order chi connectivity index (χ0) is 19.8. The number of likely N-dealkylation sites (N-methyl/N-ethyl adjacent to an activating group) is 1. The van der Waals surface area contributed by atoms with Crippen LogP contribution in [0.25, 0.3) is 0 Å². The van der Waals surface area contributed by atoms with Gasteiger partial charge in [0.25, 0.3) is 0 Å². The number of hydrogen-bond donors (Lipinski definition) is 1. The first kappa shape index (κ1) is 24.4. The molecule has 2 unspecified atom stereocenters. The number of aliphatic imine (C=N–C) groups is 1. The van der Waals surface area contributed by atoms with Gasteiger partial charge in [0.05, 0.1) is 6.54 Å². The van der Waals surface area contributed by atoms with Crippen LogP contribution in [0.4, 0.5) is 0 Å². The highest BCUT2D eigenvalue weighted by molar-refractivity contribution is 14.0. The van der Waals surface area contributed by atoms with Crippen LogP contribution in [0.2, 0.25) is 0 Å². The number of piperazine rings is 1. The Bertz CT molecular complexity index is 601. The van der Waals surface area contributed by atoms with Crippen LogP contribution >= 0.6 is 24.0 Å². The van der Waals surface area contributed by atoms with E-state index < -0.39 is 0 Å². The minimum atomic E-state index is 0. The van der Waals surface area contributed by atoms with Crippen LogP contribution in [0.3, 0.4) is 0 Å². The van der Waals surface area contributed by atoms with Crippen molar-refractivity contribution >= 4 is 29.9 Å². The van der Waals surface area contributed by atoms with Gasteiger partial charge in [0.15, 0.2) is 5.96 Å². The first-order valence-corrected chi connectivity index (χ1v) is 11.2. The maximum absolute atomic E-state index is 5.03. The van der Waals surface area contributed by atoms with Gasteiger partial charge < -0.3 is 15.1 Å². The fourth-order valence-corrected chi connectivity index (χ4v) is 4.42. The highest BCUT2D eigenvalue weighted by Gasteiger charge is 2.25. The van der Waals surface area contributed by atoms with Gasteiger partial charge in [-0.05, 0) is 44.7 Å². The van der Waals surface area contributed by atoms with E-state index in [0.29, 0.717) is 6.04 Å². The Kier molecular flexibility index (Phi) is 10.7. The number of rotatable bonds is 7. The quantitative estimate of drug-likeness (QED) is 0.345. The first-order chi connectivity index (χ1) is 13.7. The van der Waals surface area contributed by atoms with E-state index in [-0.39, 0.29) is 24.0 Å². The highest BCUT2D eigenvalue weighted by Crippen LogP contribution is 2.21. The maximum atomic E-state index is 5.03. The van der Waals surface area contributed by atoms with Crippen molar-refractivity contribution in [2.45, 2.75) is 39.7 Å². The van der Waals surface area contributed by atoms with E-state index in [1.807, 2.05) is 0 Å². The molecular weight excluding hydrogens is 473 g/mol. The zero-order valence-corrected chi connectivity index (χ0v) is 20.8. The second-order valence-electron chi connectivity index (χ2n) is 8.30. The van der Waals surface area contributed by atoms with Crippen LogP contribution in [-0.4, -0.2) is 85.6 Å². The zero-order valence-electron chi connectivity index (χ0n) is 18.5. The highest BCUT2D eigenvalue weighted by atomic mass is 127. The average molecular weight is 514 g/mol. The molecule has 0 aliphatic carbocycles.